The smallest absolute Gasteiger partial charge is 0.270 e. The maximum absolute atomic E-state index is 12.3. The van der Waals surface area contributed by atoms with Crippen LogP contribution in [-0.2, 0) is 14.4 Å². The van der Waals surface area contributed by atoms with E-state index in [1.54, 1.807) is 4.90 Å². The lowest BCUT2D eigenvalue weighted by Crippen LogP contribution is -2.55. The van der Waals surface area contributed by atoms with E-state index in [1.807, 2.05) is 4.90 Å². The molecule has 3 heterocycles. The van der Waals surface area contributed by atoms with Crippen molar-refractivity contribution in [3.63, 3.8) is 0 Å². The zero-order chi connectivity index (χ0) is 13.4. The molecule has 7 heteroatoms. The van der Waals surface area contributed by atoms with E-state index in [9.17, 15) is 14.4 Å². The molecule has 3 aliphatic rings. The lowest BCUT2D eigenvalue weighted by molar-refractivity contribution is -0.135. The highest BCUT2D eigenvalue weighted by Crippen LogP contribution is 2.23. The molecule has 0 aromatic heterocycles. The van der Waals surface area contributed by atoms with Gasteiger partial charge in [-0.25, -0.2) is 5.43 Å². The average molecular weight is 264 g/mol. The van der Waals surface area contributed by atoms with Gasteiger partial charge >= 0.3 is 0 Å². The van der Waals surface area contributed by atoms with Crippen molar-refractivity contribution in [2.75, 3.05) is 19.6 Å². The van der Waals surface area contributed by atoms with E-state index >= 15 is 0 Å². The molecule has 102 valence electrons. The molecule has 7 nitrogen and oxygen atoms in total. The van der Waals surface area contributed by atoms with Crippen molar-refractivity contribution >= 4 is 23.4 Å². The Labute approximate surface area is 110 Å². The number of amides is 3. The third-order valence-electron chi connectivity index (χ3n) is 3.93. The van der Waals surface area contributed by atoms with Crippen molar-refractivity contribution in [2.45, 2.75) is 31.7 Å². The Bertz CT molecular complexity index is 474. The summed E-state index contributed by atoms with van der Waals surface area (Å²) >= 11 is 0. The Morgan fingerprint density at radius 2 is 2.05 bits per heavy atom. The molecule has 0 aromatic rings. The predicted octanol–water partition coefficient (Wildman–Crippen LogP) is -0.914. The van der Waals surface area contributed by atoms with E-state index in [2.05, 4.69) is 10.5 Å². The average Bonchev–Trinajstić information content (AvgIpc) is 2.80. The molecule has 1 atom stereocenters. The maximum Gasteiger partial charge on any atom is 0.270 e. The summed E-state index contributed by atoms with van der Waals surface area (Å²) in [6, 6.07) is 0.156. The molecule has 2 fully saturated rings. The highest BCUT2D eigenvalue weighted by atomic mass is 16.2. The molecule has 3 rings (SSSR count). The number of carbonyl (C=O) groups is 3. The van der Waals surface area contributed by atoms with Gasteiger partial charge < -0.3 is 9.80 Å². The molecular weight excluding hydrogens is 248 g/mol. The Morgan fingerprint density at radius 1 is 1.21 bits per heavy atom. The van der Waals surface area contributed by atoms with Gasteiger partial charge in [-0.05, 0) is 6.42 Å². The van der Waals surface area contributed by atoms with E-state index < -0.39 is 0 Å². The first-order chi connectivity index (χ1) is 9.15. The summed E-state index contributed by atoms with van der Waals surface area (Å²) in [7, 11) is 0. The standard InChI is InChI=1S/C12H16N4O3/c17-10-3-2-9(13-14-10)12(19)15-5-6-16-8(7-15)1-4-11(16)18/h8H,1-7H2,(H,14,17). The van der Waals surface area contributed by atoms with E-state index in [-0.39, 0.29) is 23.8 Å². The first-order valence-corrected chi connectivity index (χ1v) is 6.59. The van der Waals surface area contributed by atoms with Crippen LogP contribution in [0.3, 0.4) is 0 Å². The number of rotatable bonds is 1. The number of nitrogens with zero attached hydrogens (tertiary/aromatic N) is 3. The summed E-state index contributed by atoms with van der Waals surface area (Å²) in [6.45, 7) is 1.74. The highest BCUT2D eigenvalue weighted by molar-refractivity contribution is 6.39. The number of hydrogen-bond acceptors (Lipinski definition) is 4. The number of carbonyl (C=O) groups excluding carboxylic acids is 3. The SMILES string of the molecule is O=C1CCC(C(=O)N2CCN3C(=O)CCC3C2)=NN1. The first kappa shape index (κ1) is 12.1. The minimum Gasteiger partial charge on any atom is -0.336 e. The molecule has 1 N–H and O–H groups in total. The second-order valence-electron chi connectivity index (χ2n) is 5.12. The van der Waals surface area contributed by atoms with Gasteiger partial charge in [-0.3, -0.25) is 14.4 Å². The third-order valence-corrected chi connectivity index (χ3v) is 3.93. The van der Waals surface area contributed by atoms with E-state index in [0.717, 1.165) is 6.42 Å². The van der Waals surface area contributed by atoms with Crippen LogP contribution in [0.4, 0.5) is 0 Å². The summed E-state index contributed by atoms with van der Waals surface area (Å²) in [4.78, 5) is 38.5. The molecule has 0 bridgehead atoms. The molecule has 0 radical (unpaired) electrons. The number of hydrogen-bond donors (Lipinski definition) is 1. The second-order valence-corrected chi connectivity index (χ2v) is 5.12. The normalized spacial score (nSPS) is 26.9. The lowest BCUT2D eigenvalue weighted by Gasteiger charge is -2.37. The van der Waals surface area contributed by atoms with Crippen LogP contribution in [-0.4, -0.2) is 58.9 Å². The van der Waals surface area contributed by atoms with Crippen LogP contribution in [0.5, 0.6) is 0 Å². The Balaban J connectivity index is 1.66. The quantitative estimate of drug-likeness (QED) is 0.665. The number of nitrogens with one attached hydrogen (secondary N) is 1. The van der Waals surface area contributed by atoms with Gasteiger partial charge in [0.15, 0.2) is 0 Å². The summed E-state index contributed by atoms with van der Waals surface area (Å²) in [6.07, 6.45) is 2.12. The number of piperazine rings is 1. The maximum atomic E-state index is 12.3. The summed E-state index contributed by atoms with van der Waals surface area (Å²) in [5, 5.41) is 3.83. The molecule has 2 saturated heterocycles. The molecule has 1 unspecified atom stereocenters. The van der Waals surface area contributed by atoms with Gasteiger partial charge in [0.25, 0.3) is 5.91 Å². The molecule has 3 amide bonds. The Hall–Kier alpha value is -1.92. The number of fused-ring (bicyclic) bond motifs is 1. The lowest BCUT2D eigenvalue weighted by atomic mass is 10.1. The van der Waals surface area contributed by atoms with Crippen molar-refractivity contribution < 1.29 is 14.4 Å². The van der Waals surface area contributed by atoms with Crippen molar-refractivity contribution in [2.24, 2.45) is 5.10 Å². The van der Waals surface area contributed by atoms with Gasteiger partial charge in [-0.15, -0.1) is 0 Å². The molecular formula is C12H16N4O3. The van der Waals surface area contributed by atoms with Crippen LogP contribution < -0.4 is 5.43 Å². The second kappa shape index (κ2) is 4.64. The van der Waals surface area contributed by atoms with E-state index in [1.165, 1.54) is 0 Å². The van der Waals surface area contributed by atoms with Gasteiger partial charge in [0, 0.05) is 44.9 Å². The largest absolute Gasteiger partial charge is 0.336 e. The molecule has 0 aromatic carbocycles. The number of hydrazone groups is 1. The monoisotopic (exact) mass is 264 g/mol. The van der Waals surface area contributed by atoms with Crippen molar-refractivity contribution in [3.8, 4) is 0 Å². The minimum absolute atomic E-state index is 0.112. The van der Waals surface area contributed by atoms with Gasteiger partial charge in [0.2, 0.25) is 11.8 Å². The fourth-order valence-corrected chi connectivity index (χ4v) is 2.86. The third kappa shape index (κ3) is 2.20. The zero-order valence-corrected chi connectivity index (χ0v) is 10.6. The van der Waals surface area contributed by atoms with Crippen LogP contribution in [0, 0.1) is 0 Å². The van der Waals surface area contributed by atoms with Crippen molar-refractivity contribution in [3.05, 3.63) is 0 Å². The van der Waals surface area contributed by atoms with Crippen LogP contribution in [0.2, 0.25) is 0 Å². The highest BCUT2D eigenvalue weighted by Gasteiger charge is 2.37. The topological polar surface area (TPSA) is 82.1 Å². The molecule has 0 aliphatic carbocycles. The van der Waals surface area contributed by atoms with Gasteiger partial charge in [0.05, 0.1) is 0 Å². The molecule has 0 spiro atoms. The fourth-order valence-electron chi connectivity index (χ4n) is 2.86. The minimum atomic E-state index is -0.150. The van der Waals surface area contributed by atoms with Crippen LogP contribution in [0.25, 0.3) is 0 Å². The van der Waals surface area contributed by atoms with Crippen molar-refractivity contribution in [1.29, 1.82) is 0 Å². The van der Waals surface area contributed by atoms with Gasteiger partial charge in [0.1, 0.15) is 5.71 Å². The van der Waals surface area contributed by atoms with Gasteiger partial charge in [-0.2, -0.15) is 5.10 Å². The fraction of sp³-hybridized carbons (Fsp3) is 0.667. The summed E-state index contributed by atoms with van der Waals surface area (Å²) in [5.41, 5.74) is 2.76. The molecule has 19 heavy (non-hydrogen) atoms. The summed E-state index contributed by atoms with van der Waals surface area (Å²) < 4.78 is 0. The zero-order valence-electron chi connectivity index (χ0n) is 10.6. The van der Waals surface area contributed by atoms with Crippen molar-refractivity contribution in [1.82, 2.24) is 15.2 Å². The predicted molar refractivity (Wildman–Crippen MR) is 66.1 cm³/mol. The van der Waals surface area contributed by atoms with E-state index in [4.69, 9.17) is 0 Å². The van der Waals surface area contributed by atoms with Crippen LogP contribution >= 0.6 is 0 Å². The van der Waals surface area contributed by atoms with Crippen LogP contribution in [0.15, 0.2) is 5.10 Å². The molecule has 3 aliphatic heterocycles. The summed E-state index contributed by atoms with van der Waals surface area (Å²) in [5.74, 6) is -0.0684. The Morgan fingerprint density at radius 3 is 2.79 bits per heavy atom. The van der Waals surface area contributed by atoms with E-state index in [0.29, 0.717) is 44.6 Å². The van der Waals surface area contributed by atoms with Gasteiger partial charge in [-0.1, -0.05) is 0 Å². The first-order valence-electron chi connectivity index (χ1n) is 6.59. The Kier molecular flexibility index (Phi) is 2.96. The van der Waals surface area contributed by atoms with Crippen LogP contribution in [0.1, 0.15) is 25.7 Å². The molecule has 0 saturated carbocycles.